The second-order valence-electron chi connectivity index (χ2n) is 3.32. The number of hydrogen-bond donors (Lipinski definition) is 1. The Labute approximate surface area is 84.6 Å². The van der Waals surface area contributed by atoms with E-state index in [-0.39, 0.29) is 5.82 Å². The minimum Gasteiger partial charge on any atom is -0.312 e. The molecular weight excluding hydrogens is 177 g/mol. The molecule has 2 heteroatoms. The average molecular weight is 193 g/mol. The van der Waals surface area contributed by atoms with E-state index in [1.807, 2.05) is 13.0 Å². The number of aryl methyl sites for hydroxylation is 1. The van der Waals surface area contributed by atoms with Crippen molar-refractivity contribution >= 4 is 0 Å². The third-order valence-corrected chi connectivity index (χ3v) is 2.15. The van der Waals surface area contributed by atoms with Crippen LogP contribution >= 0.6 is 0 Å². The fraction of sp³-hybridized carbons (Fsp3) is 0.333. The largest absolute Gasteiger partial charge is 0.312 e. The van der Waals surface area contributed by atoms with Crippen LogP contribution in [0.3, 0.4) is 0 Å². The van der Waals surface area contributed by atoms with Gasteiger partial charge in [0.2, 0.25) is 0 Å². The molecule has 0 aliphatic carbocycles. The molecule has 76 valence electrons. The summed E-state index contributed by atoms with van der Waals surface area (Å²) in [6.45, 7) is 7.23. The third kappa shape index (κ3) is 3.30. The summed E-state index contributed by atoms with van der Waals surface area (Å²) in [4.78, 5) is 0. The first-order valence-electron chi connectivity index (χ1n) is 4.80. The molecular formula is C12H16FN. The monoisotopic (exact) mass is 193 g/mol. The van der Waals surface area contributed by atoms with Gasteiger partial charge >= 0.3 is 0 Å². The Bertz CT molecular complexity index is 307. The van der Waals surface area contributed by atoms with Gasteiger partial charge in [0.1, 0.15) is 5.82 Å². The van der Waals surface area contributed by atoms with Crippen molar-refractivity contribution in [2.24, 2.45) is 0 Å². The lowest BCUT2D eigenvalue weighted by Crippen LogP contribution is -2.14. The van der Waals surface area contributed by atoms with E-state index < -0.39 is 0 Å². The van der Waals surface area contributed by atoms with Gasteiger partial charge < -0.3 is 5.32 Å². The Hall–Kier alpha value is -1.15. The zero-order chi connectivity index (χ0) is 10.4. The third-order valence-electron chi connectivity index (χ3n) is 2.15. The Morgan fingerprint density at radius 2 is 2.29 bits per heavy atom. The summed E-state index contributed by atoms with van der Waals surface area (Å²) in [7, 11) is 0. The molecule has 0 spiro atoms. The highest BCUT2D eigenvalue weighted by Crippen LogP contribution is 2.09. The lowest BCUT2D eigenvalue weighted by molar-refractivity contribution is 0.619. The van der Waals surface area contributed by atoms with Gasteiger partial charge in [-0.2, -0.15) is 0 Å². The Kier molecular flexibility index (Phi) is 4.33. The summed E-state index contributed by atoms with van der Waals surface area (Å²) in [6.07, 6.45) is 2.81. The van der Waals surface area contributed by atoms with Gasteiger partial charge in [0.05, 0.1) is 0 Å². The summed E-state index contributed by atoms with van der Waals surface area (Å²) in [5, 5.41) is 3.23. The minimum atomic E-state index is -0.170. The highest BCUT2D eigenvalue weighted by molar-refractivity contribution is 5.26. The summed E-state index contributed by atoms with van der Waals surface area (Å²) < 4.78 is 12.9. The summed E-state index contributed by atoms with van der Waals surface area (Å²) in [6, 6.07) is 4.87. The highest BCUT2D eigenvalue weighted by Gasteiger charge is 1.99. The van der Waals surface area contributed by atoms with E-state index in [9.17, 15) is 4.39 Å². The van der Waals surface area contributed by atoms with Crippen LogP contribution in [0.25, 0.3) is 0 Å². The highest BCUT2D eigenvalue weighted by atomic mass is 19.1. The summed E-state index contributed by atoms with van der Waals surface area (Å²) >= 11 is 0. The lowest BCUT2D eigenvalue weighted by Gasteiger charge is -2.06. The number of benzene rings is 1. The van der Waals surface area contributed by atoms with Gasteiger partial charge in [0.25, 0.3) is 0 Å². The first-order chi connectivity index (χ1) is 6.74. The van der Waals surface area contributed by atoms with Crippen molar-refractivity contribution in [2.45, 2.75) is 19.9 Å². The molecule has 0 aromatic heterocycles. The molecule has 0 bridgehead atoms. The molecule has 0 saturated heterocycles. The van der Waals surface area contributed by atoms with E-state index in [1.165, 1.54) is 6.07 Å². The van der Waals surface area contributed by atoms with E-state index in [2.05, 4.69) is 11.9 Å². The molecule has 1 aromatic rings. The van der Waals surface area contributed by atoms with Crippen molar-refractivity contribution in [3.8, 4) is 0 Å². The van der Waals surface area contributed by atoms with E-state index in [4.69, 9.17) is 0 Å². The quantitative estimate of drug-likeness (QED) is 0.560. The van der Waals surface area contributed by atoms with Crippen molar-refractivity contribution in [3.63, 3.8) is 0 Å². The zero-order valence-electron chi connectivity index (χ0n) is 8.52. The van der Waals surface area contributed by atoms with Crippen molar-refractivity contribution in [3.05, 3.63) is 47.8 Å². The van der Waals surface area contributed by atoms with Gasteiger partial charge in [0, 0.05) is 6.54 Å². The number of rotatable bonds is 5. The van der Waals surface area contributed by atoms with Crippen LogP contribution in [0.1, 0.15) is 17.5 Å². The normalized spacial score (nSPS) is 10.1. The predicted octanol–water partition coefficient (Wildman–Crippen LogP) is 2.80. The molecule has 0 atom stereocenters. The SMILES string of the molecule is C=CCCNCc1cc(F)ccc1C. The molecule has 0 unspecified atom stereocenters. The molecule has 1 aromatic carbocycles. The van der Waals surface area contributed by atoms with Crippen LogP contribution in [0, 0.1) is 12.7 Å². The van der Waals surface area contributed by atoms with Crippen LogP contribution in [-0.2, 0) is 6.54 Å². The maximum Gasteiger partial charge on any atom is 0.123 e. The van der Waals surface area contributed by atoms with Gasteiger partial charge in [-0.1, -0.05) is 12.1 Å². The molecule has 1 nitrogen and oxygen atoms in total. The molecule has 0 heterocycles. The van der Waals surface area contributed by atoms with E-state index in [1.54, 1.807) is 12.1 Å². The Morgan fingerprint density at radius 3 is 3.00 bits per heavy atom. The van der Waals surface area contributed by atoms with E-state index in [0.29, 0.717) is 0 Å². The van der Waals surface area contributed by atoms with Crippen LogP contribution in [0.15, 0.2) is 30.9 Å². The standard InChI is InChI=1S/C12H16FN/c1-3-4-7-14-9-11-8-12(13)6-5-10(11)2/h3,5-6,8,14H,1,4,7,9H2,2H3. The minimum absolute atomic E-state index is 0.170. The van der Waals surface area contributed by atoms with Crippen LogP contribution in [0.5, 0.6) is 0 Å². The molecule has 0 saturated carbocycles. The van der Waals surface area contributed by atoms with Crippen LogP contribution in [0.4, 0.5) is 4.39 Å². The lowest BCUT2D eigenvalue weighted by atomic mass is 10.1. The summed E-state index contributed by atoms with van der Waals surface area (Å²) in [5.74, 6) is -0.170. The van der Waals surface area contributed by atoms with Crippen LogP contribution in [0.2, 0.25) is 0 Å². The van der Waals surface area contributed by atoms with Gasteiger partial charge in [-0.3, -0.25) is 0 Å². The molecule has 0 aliphatic heterocycles. The van der Waals surface area contributed by atoms with Crippen molar-refractivity contribution in [1.29, 1.82) is 0 Å². The molecule has 0 radical (unpaired) electrons. The molecule has 1 rings (SSSR count). The number of hydrogen-bond acceptors (Lipinski definition) is 1. The van der Waals surface area contributed by atoms with Crippen molar-refractivity contribution in [2.75, 3.05) is 6.54 Å². The van der Waals surface area contributed by atoms with Crippen LogP contribution < -0.4 is 5.32 Å². The second-order valence-corrected chi connectivity index (χ2v) is 3.32. The van der Waals surface area contributed by atoms with Crippen LogP contribution in [-0.4, -0.2) is 6.54 Å². The topological polar surface area (TPSA) is 12.0 Å². The summed E-state index contributed by atoms with van der Waals surface area (Å²) in [5.41, 5.74) is 2.14. The molecule has 0 amide bonds. The van der Waals surface area contributed by atoms with Gasteiger partial charge in [0.15, 0.2) is 0 Å². The van der Waals surface area contributed by atoms with Gasteiger partial charge in [-0.15, -0.1) is 6.58 Å². The van der Waals surface area contributed by atoms with Gasteiger partial charge in [-0.25, -0.2) is 4.39 Å². The van der Waals surface area contributed by atoms with E-state index >= 15 is 0 Å². The van der Waals surface area contributed by atoms with E-state index in [0.717, 1.165) is 30.6 Å². The number of halogens is 1. The Balaban J connectivity index is 2.49. The van der Waals surface area contributed by atoms with Gasteiger partial charge in [-0.05, 0) is 43.1 Å². The molecule has 14 heavy (non-hydrogen) atoms. The molecule has 1 N–H and O–H groups in total. The maximum atomic E-state index is 12.9. The maximum absolute atomic E-state index is 12.9. The van der Waals surface area contributed by atoms with Crippen molar-refractivity contribution < 1.29 is 4.39 Å². The first kappa shape index (κ1) is 10.9. The second kappa shape index (κ2) is 5.55. The fourth-order valence-electron chi connectivity index (χ4n) is 1.26. The fourth-order valence-corrected chi connectivity index (χ4v) is 1.26. The predicted molar refractivity (Wildman–Crippen MR) is 57.7 cm³/mol. The Morgan fingerprint density at radius 1 is 1.50 bits per heavy atom. The average Bonchev–Trinajstić information content (AvgIpc) is 2.18. The smallest absolute Gasteiger partial charge is 0.123 e. The first-order valence-corrected chi connectivity index (χ1v) is 4.80. The molecule has 0 fully saturated rings. The van der Waals surface area contributed by atoms with Crippen molar-refractivity contribution in [1.82, 2.24) is 5.32 Å². The number of nitrogens with one attached hydrogen (secondary N) is 1. The molecule has 0 aliphatic rings. The zero-order valence-corrected chi connectivity index (χ0v) is 8.52.